The molecule has 1 aromatic rings. The van der Waals surface area contributed by atoms with E-state index in [1.54, 1.807) is 0 Å². The molecule has 0 aliphatic carbocycles. The summed E-state index contributed by atoms with van der Waals surface area (Å²) in [6, 6.07) is 6.52. The van der Waals surface area contributed by atoms with E-state index in [4.69, 9.17) is 5.73 Å². The van der Waals surface area contributed by atoms with Crippen molar-refractivity contribution in [1.82, 2.24) is 9.88 Å². The van der Waals surface area contributed by atoms with Crippen LogP contribution in [0.15, 0.2) is 18.2 Å². The van der Waals surface area contributed by atoms with Gasteiger partial charge in [-0.2, -0.15) is 0 Å². The minimum atomic E-state index is 0.613. The molecule has 1 aromatic heterocycles. The lowest BCUT2D eigenvalue weighted by Gasteiger charge is -2.31. The Bertz CT molecular complexity index is 345. The summed E-state index contributed by atoms with van der Waals surface area (Å²) in [5, 5.41) is 0. The van der Waals surface area contributed by atoms with Crippen LogP contribution in [0.5, 0.6) is 0 Å². The standard InChI is InChI=1S/C15H27N3/c1-5-14(6-2)18(10-12(3)4)11-13-8-7-9-15(16)17-13/h7-9,12,14H,5-6,10-11H2,1-4H3,(H2,16,17). The molecule has 0 bridgehead atoms. The Hall–Kier alpha value is -1.09. The SMILES string of the molecule is CCC(CC)N(Cc1cccc(N)n1)CC(C)C. The maximum absolute atomic E-state index is 5.75. The third kappa shape index (κ3) is 4.65. The monoisotopic (exact) mass is 249 g/mol. The Kier molecular flexibility index (Phi) is 6.13. The zero-order valence-corrected chi connectivity index (χ0v) is 12.2. The van der Waals surface area contributed by atoms with Gasteiger partial charge in [0.05, 0.1) is 5.69 Å². The van der Waals surface area contributed by atoms with Gasteiger partial charge in [-0.15, -0.1) is 0 Å². The smallest absolute Gasteiger partial charge is 0.123 e. The minimum absolute atomic E-state index is 0.613. The van der Waals surface area contributed by atoms with E-state index in [-0.39, 0.29) is 0 Å². The van der Waals surface area contributed by atoms with Crippen molar-refractivity contribution in [2.24, 2.45) is 5.92 Å². The van der Waals surface area contributed by atoms with E-state index < -0.39 is 0 Å². The number of hydrogen-bond acceptors (Lipinski definition) is 3. The van der Waals surface area contributed by atoms with Crippen LogP contribution in [-0.4, -0.2) is 22.5 Å². The first kappa shape index (κ1) is 15.0. The molecule has 1 rings (SSSR count). The van der Waals surface area contributed by atoms with E-state index in [1.165, 1.54) is 12.8 Å². The van der Waals surface area contributed by atoms with Gasteiger partial charge in [0.1, 0.15) is 5.82 Å². The fraction of sp³-hybridized carbons (Fsp3) is 0.667. The van der Waals surface area contributed by atoms with E-state index in [0.29, 0.717) is 17.8 Å². The van der Waals surface area contributed by atoms with Crippen LogP contribution in [-0.2, 0) is 6.54 Å². The highest BCUT2D eigenvalue weighted by molar-refractivity contribution is 5.28. The first-order valence-corrected chi connectivity index (χ1v) is 7.02. The first-order chi connectivity index (χ1) is 8.56. The fourth-order valence-corrected chi connectivity index (χ4v) is 2.41. The molecular weight excluding hydrogens is 222 g/mol. The molecule has 0 saturated heterocycles. The Morgan fingerprint density at radius 1 is 1.22 bits per heavy atom. The summed E-state index contributed by atoms with van der Waals surface area (Å²) in [5.41, 5.74) is 6.82. The maximum atomic E-state index is 5.75. The summed E-state index contributed by atoms with van der Waals surface area (Å²) in [4.78, 5) is 6.94. The van der Waals surface area contributed by atoms with Crippen molar-refractivity contribution in [3.63, 3.8) is 0 Å². The molecule has 0 amide bonds. The van der Waals surface area contributed by atoms with E-state index in [9.17, 15) is 0 Å². The van der Waals surface area contributed by atoms with Crippen molar-refractivity contribution in [3.05, 3.63) is 23.9 Å². The number of nitrogens with zero attached hydrogens (tertiary/aromatic N) is 2. The van der Waals surface area contributed by atoms with Gasteiger partial charge in [-0.3, -0.25) is 4.90 Å². The molecule has 0 atom stereocenters. The van der Waals surface area contributed by atoms with Crippen molar-refractivity contribution in [3.8, 4) is 0 Å². The number of nitrogens with two attached hydrogens (primary N) is 1. The van der Waals surface area contributed by atoms with Gasteiger partial charge < -0.3 is 5.73 Å². The zero-order chi connectivity index (χ0) is 13.5. The van der Waals surface area contributed by atoms with Crippen LogP contribution in [0.25, 0.3) is 0 Å². The van der Waals surface area contributed by atoms with Gasteiger partial charge >= 0.3 is 0 Å². The summed E-state index contributed by atoms with van der Waals surface area (Å²) >= 11 is 0. The number of hydrogen-bond donors (Lipinski definition) is 1. The quantitative estimate of drug-likeness (QED) is 0.806. The van der Waals surface area contributed by atoms with E-state index in [2.05, 4.69) is 43.6 Å². The Morgan fingerprint density at radius 2 is 1.89 bits per heavy atom. The number of pyridine rings is 1. The minimum Gasteiger partial charge on any atom is -0.384 e. The van der Waals surface area contributed by atoms with Crippen LogP contribution in [0.3, 0.4) is 0 Å². The van der Waals surface area contributed by atoms with Crippen molar-refractivity contribution < 1.29 is 0 Å². The number of nitrogen functional groups attached to an aromatic ring is 1. The molecule has 0 aromatic carbocycles. The van der Waals surface area contributed by atoms with Gasteiger partial charge in [0.15, 0.2) is 0 Å². The Morgan fingerprint density at radius 3 is 2.39 bits per heavy atom. The first-order valence-electron chi connectivity index (χ1n) is 7.02. The van der Waals surface area contributed by atoms with E-state index in [1.807, 2.05) is 12.1 Å². The molecule has 0 unspecified atom stereocenters. The van der Waals surface area contributed by atoms with Gasteiger partial charge in [0.25, 0.3) is 0 Å². The lowest BCUT2D eigenvalue weighted by molar-refractivity contribution is 0.155. The molecule has 0 radical (unpaired) electrons. The van der Waals surface area contributed by atoms with Crippen LogP contribution in [0, 0.1) is 5.92 Å². The van der Waals surface area contributed by atoms with Crippen LogP contribution in [0.4, 0.5) is 5.82 Å². The highest BCUT2D eigenvalue weighted by Gasteiger charge is 2.17. The normalized spacial score (nSPS) is 11.7. The predicted molar refractivity (Wildman–Crippen MR) is 78.3 cm³/mol. The highest BCUT2D eigenvalue weighted by atomic mass is 15.2. The van der Waals surface area contributed by atoms with Crippen LogP contribution >= 0.6 is 0 Å². The topological polar surface area (TPSA) is 42.1 Å². The van der Waals surface area contributed by atoms with Crippen LogP contribution in [0.2, 0.25) is 0 Å². The molecule has 3 heteroatoms. The zero-order valence-electron chi connectivity index (χ0n) is 12.2. The third-order valence-electron chi connectivity index (χ3n) is 3.25. The van der Waals surface area contributed by atoms with Crippen LogP contribution < -0.4 is 5.73 Å². The van der Waals surface area contributed by atoms with Gasteiger partial charge in [-0.25, -0.2) is 4.98 Å². The number of aromatic nitrogens is 1. The highest BCUT2D eigenvalue weighted by Crippen LogP contribution is 2.15. The second-order valence-electron chi connectivity index (χ2n) is 5.35. The molecule has 2 N–H and O–H groups in total. The largest absolute Gasteiger partial charge is 0.384 e. The molecule has 102 valence electrons. The molecule has 0 aliphatic heterocycles. The van der Waals surface area contributed by atoms with Crippen molar-refractivity contribution in [2.45, 2.75) is 53.1 Å². The second kappa shape index (κ2) is 7.37. The summed E-state index contributed by atoms with van der Waals surface area (Å²) < 4.78 is 0. The fourth-order valence-electron chi connectivity index (χ4n) is 2.41. The summed E-state index contributed by atoms with van der Waals surface area (Å²) in [5.74, 6) is 1.29. The number of anilines is 1. The van der Waals surface area contributed by atoms with Gasteiger partial charge in [0.2, 0.25) is 0 Å². The van der Waals surface area contributed by atoms with Gasteiger partial charge in [-0.05, 0) is 30.9 Å². The van der Waals surface area contributed by atoms with E-state index in [0.717, 1.165) is 18.8 Å². The molecule has 0 aliphatic rings. The molecule has 0 saturated carbocycles. The van der Waals surface area contributed by atoms with Crippen LogP contribution in [0.1, 0.15) is 46.2 Å². The molecule has 1 heterocycles. The van der Waals surface area contributed by atoms with Crippen molar-refractivity contribution >= 4 is 5.82 Å². The lowest BCUT2D eigenvalue weighted by Crippen LogP contribution is -2.37. The van der Waals surface area contributed by atoms with Crippen molar-refractivity contribution in [1.29, 1.82) is 0 Å². The number of rotatable bonds is 7. The van der Waals surface area contributed by atoms with Gasteiger partial charge in [0, 0.05) is 19.1 Å². The molecule has 0 fully saturated rings. The molecule has 18 heavy (non-hydrogen) atoms. The third-order valence-corrected chi connectivity index (χ3v) is 3.25. The average molecular weight is 249 g/mol. The average Bonchev–Trinajstić information content (AvgIpc) is 2.29. The lowest BCUT2D eigenvalue weighted by atomic mass is 10.1. The second-order valence-corrected chi connectivity index (χ2v) is 5.35. The summed E-state index contributed by atoms with van der Waals surface area (Å²) in [7, 11) is 0. The molecule has 0 spiro atoms. The molecule has 3 nitrogen and oxygen atoms in total. The Labute approximate surface area is 111 Å². The maximum Gasteiger partial charge on any atom is 0.123 e. The van der Waals surface area contributed by atoms with Crippen molar-refractivity contribution in [2.75, 3.05) is 12.3 Å². The summed E-state index contributed by atoms with van der Waals surface area (Å²) in [6.07, 6.45) is 2.37. The molecular formula is C15H27N3. The predicted octanol–water partition coefficient (Wildman–Crippen LogP) is 3.31. The Balaban J connectivity index is 2.77. The van der Waals surface area contributed by atoms with Gasteiger partial charge in [-0.1, -0.05) is 33.8 Å². The summed E-state index contributed by atoms with van der Waals surface area (Å²) in [6.45, 7) is 11.1. The van der Waals surface area contributed by atoms with E-state index >= 15 is 0 Å².